The molecular weight excluding hydrogens is 417 g/mol. The second-order valence-corrected chi connectivity index (χ2v) is 10.3. The Labute approximate surface area is 177 Å². The predicted molar refractivity (Wildman–Crippen MR) is 111 cm³/mol. The lowest BCUT2D eigenvalue weighted by atomic mass is 9.85. The zero-order valence-corrected chi connectivity index (χ0v) is 18.5. The molecule has 0 spiro atoms. The molecule has 1 aliphatic carbocycles. The van der Waals surface area contributed by atoms with Crippen LogP contribution in [-0.4, -0.2) is 62.4 Å². The van der Waals surface area contributed by atoms with Crippen LogP contribution in [0.3, 0.4) is 0 Å². The number of rotatable bonds is 5. The summed E-state index contributed by atoms with van der Waals surface area (Å²) >= 11 is 5.70. The molecule has 1 saturated heterocycles. The van der Waals surface area contributed by atoms with Crippen LogP contribution in [0.2, 0.25) is 5.02 Å². The standard InChI is InChI=1S/C20H29ClFN3O3S/c1-14(2)24-9-11-25(12-10-24)20(26)15-3-6-17(7-4-15)23-29(27,28)19-8-5-16(21)13-18(19)22/h5,8,13-15,17,23H,3-4,6-7,9-12H2,1-2H3. The van der Waals surface area contributed by atoms with E-state index in [9.17, 15) is 17.6 Å². The average molecular weight is 446 g/mol. The average Bonchev–Trinajstić information content (AvgIpc) is 2.67. The number of amides is 1. The van der Waals surface area contributed by atoms with Gasteiger partial charge in [0.25, 0.3) is 0 Å². The summed E-state index contributed by atoms with van der Waals surface area (Å²) < 4.78 is 41.6. The van der Waals surface area contributed by atoms with Gasteiger partial charge in [-0.1, -0.05) is 11.6 Å². The molecule has 162 valence electrons. The van der Waals surface area contributed by atoms with Crippen LogP contribution in [-0.2, 0) is 14.8 Å². The number of carbonyl (C=O) groups is 1. The highest BCUT2D eigenvalue weighted by molar-refractivity contribution is 7.89. The van der Waals surface area contributed by atoms with Crippen LogP contribution >= 0.6 is 11.6 Å². The van der Waals surface area contributed by atoms with Crippen molar-refractivity contribution in [1.29, 1.82) is 0 Å². The van der Waals surface area contributed by atoms with E-state index < -0.39 is 20.7 Å². The van der Waals surface area contributed by atoms with Crippen LogP contribution in [0, 0.1) is 11.7 Å². The first-order valence-corrected chi connectivity index (χ1v) is 12.0. The van der Waals surface area contributed by atoms with Crippen LogP contribution in [0.4, 0.5) is 4.39 Å². The Morgan fingerprint density at radius 2 is 1.76 bits per heavy atom. The molecule has 1 amide bonds. The molecule has 9 heteroatoms. The molecule has 0 bridgehead atoms. The third-order valence-corrected chi connectivity index (χ3v) is 7.73. The third-order valence-electron chi connectivity index (χ3n) is 5.94. The molecule has 0 unspecified atom stereocenters. The number of piperazine rings is 1. The smallest absolute Gasteiger partial charge is 0.243 e. The van der Waals surface area contributed by atoms with Gasteiger partial charge in [-0.2, -0.15) is 0 Å². The molecule has 1 aromatic rings. The van der Waals surface area contributed by atoms with Gasteiger partial charge in [0.1, 0.15) is 10.7 Å². The Morgan fingerprint density at radius 1 is 1.14 bits per heavy atom. The van der Waals surface area contributed by atoms with Gasteiger partial charge in [-0.3, -0.25) is 9.69 Å². The lowest BCUT2D eigenvalue weighted by Gasteiger charge is -2.39. The van der Waals surface area contributed by atoms with Crippen LogP contribution in [0.25, 0.3) is 0 Å². The van der Waals surface area contributed by atoms with E-state index in [1.807, 2.05) is 4.90 Å². The molecule has 1 aromatic carbocycles. The first-order valence-electron chi connectivity index (χ1n) is 10.2. The van der Waals surface area contributed by atoms with Crippen molar-refractivity contribution in [2.45, 2.75) is 56.5 Å². The lowest BCUT2D eigenvalue weighted by Crippen LogP contribution is -2.52. The highest BCUT2D eigenvalue weighted by Crippen LogP contribution is 2.28. The second-order valence-electron chi connectivity index (χ2n) is 8.20. The number of carbonyl (C=O) groups excluding carboxylic acids is 1. The van der Waals surface area contributed by atoms with E-state index in [1.165, 1.54) is 12.1 Å². The maximum absolute atomic E-state index is 14.0. The summed E-state index contributed by atoms with van der Waals surface area (Å²) in [5.41, 5.74) is 0. The number of benzene rings is 1. The van der Waals surface area contributed by atoms with Crippen molar-refractivity contribution in [2.75, 3.05) is 26.2 Å². The number of nitrogens with one attached hydrogen (secondary N) is 1. The van der Waals surface area contributed by atoms with Crippen molar-refractivity contribution in [1.82, 2.24) is 14.5 Å². The van der Waals surface area contributed by atoms with Gasteiger partial charge in [-0.25, -0.2) is 17.5 Å². The molecule has 3 rings (SSSR count). The van der Waals surface area contributed by atoms with Crippen LogP contribution in [0.5, 0.6) is 0 Å². The highest BCUT2D eigenvalue weighted by Gasteiger charge is 2.33. The topological polar surface area (TPSA) is 69.7 Å². The zero-order valence-electron chi connectivity index (χ0n) is 16.9. The predicted octanol–water partition coefficient (Wildman–Crippen LogP) is 2.87. The minimum absolute atomic E-state index is 0.0615. The van der Waals surface area contributed by atoms with E-state index >= 15 is 0 Å². The van der Waals surface area contributed by atoms with E-state index in [0.717, 1.165) is 32.2 Å². The summed E-state index contributed by atoms with van der Waals surface area (Å²) in [4.78, 5) is 16.7. The van der Waals surface area contributed by atoms with Crippen molar-refractivity contribution < 1.29 is 17.6 Å². The highest BCUT2D eigenvalue weighted by atomic mass is 35.5. The minimum atomic E-state index is -3.96. The Morgan fingerprint density at radius 3 is 2.31 bits per heavy atom. The van der Waals surface area contributed by atoms with Gasteiger partial charge < -0.3 is 4.90 Å². The molecular formula is C20H29ClFN3O3S. The number of hydrogen-bond donors (Lipinski definition) is 1. The van der Waals surface area contributed by atoms with Crippen LogP contribution in [0.15, 0.2) is 23.1 Å². The normalized spacial score (nSPS) is 24.1. The third kappa shape index (κ3) is 5.48. The van der Waals surface area contributed by atoms with Crippen LogP contribution < -0.4 is 4.72 Å². The van der Waals surface area contributed by atoms with E-state index in [4.69, 9.17) is 11.6 Å². The van der Waals surface area contributed by atoms with Crippen molar-refractivity contribution in [3.8, 4) is 0 Å². The molecule has 2 aliphatic rings. The zero-order chi connectivity index (χ0) is 21.2. The van der Waals surface area contributed by atoms with E-state index in [-0.39, 0.29) is 22.9 Å². The Kier molecular flexibility index (Phi) is 7.19. The molecule has 1 saturated carbocycles. The fourth-order valence-corrected chi connectivity index (χ4v) is 5.67. The minimum Gasteiger partial charge on any atom is -0.340 e. The fraction of sp³-hybridized carbons (Fsp3) is 0.650. The van der Waals surface area contributed by atoms with Gasteiger partial charge in [0, 0.05) is 49.2 Å². The van der Waals surface area contributed by atoms with Gasteiger partial charge in [0.15, 0.2) is 0 Å². The van der Waals surface area contributed by atoms with E-state index in [1.54, 1.807) is 0 Å². The fourth-order valence-electron chi connectivity index (χ4n) is 4.15. The Bertz CT molecular complexity index is 833. The molecule has 0 aromatic heterocycles. The van der Waals surface area contributed by atoms with Gasteiger partial charge in [-0.15, -0.1) is 0 Å². The SMILES string of the molecule is CC(C)N1CCN(C(=O)C2CCC(NS(=O)(=O)c3ccc(Cl)cc3F)CC2)CC1. The summed E-state index contributed by atoms with van der Waals surface area (Å²) in [7, 11) is -3.96. The lowest BCUT2D eigenvalue weighted by molar-refractivity contribution is -0.138. The largest absolute Gasteiger partial charge is 0.340 e. The molecule has 0 radical (unpaired) electrons. The maximum atomic E-state index is 14.0. The van der Waals surface area contributed by atoms with E-state index in [2.05, 4.69) is 23.5 Å². The number of sulfonamides is 1. The molecule has 6 nitrogen and oxygen atoms in total. The first-order chi connectivity index (χ1) is 13.7. The summed E-state index contributed by atoms with van der Waals surface area (Å²) in [5.74, 6) is -0.749. The summed E-state index contributed by atoms with van der Waals surface area (Å²) in [6, 6.07) is 3.71. The van der Waals surface area contributed by atoms with Gasteiger partial charge in [0.2, 0.25) is 15.9 Å². The first kappa shape index (κ1) is 22.5. The van der Waals surface area contributed by atoms with E-state index in [0.29, 0.717) is 31.7 Å². The van der Waals surface area contributed by atoms with Crippen LogP contribution in [0.1, 0.15) is 39.5 Å². The number of hydrogen-bond acceptors (Lipinski definition) is 4. The molecule has 29 heavy (non-hydrogen) atoms. The van der Waals surface area contributed by atoms with Crippen molar-refractivity contribution in [3.05, 3.63) is 29.0 Å². The van der Waals surface area contributed by atoms with Crippen molar-refractivity contribution >= 4 is 27.5 Å². The monoisotopic (exact) mass is 445 g/mol. The summed E-state index contributed by atoms with van der Waals surface area (Å²) in [6.45, 7) is 7.61. The molecule has 1 heterocycles. The van der Waals surface area contributed by atoms with Gasteiger partial charge in [-0.05, 0) is 57.7 Å². The molecule has 2 fully saturated rings. The summed E-state index contributed by atoms with van der Waals surface area (Å²) in [6.07, 6.45) is 2.41. The van der Waals surface area contributed by atoms with Gasteiger partial charge in [0.05, 0.1) is 0 Å². The summed E-state index contributed by atoms with van der Waals surface area (Å²) in [5, 5.41) is 0.148. The quantitative estimate of drug-likeness (QED) is 0.756. The number of halogens is 2. The molecule has 0 atom stereocenters. The Balaban J connectivity index is 1.52. The Hall–Kier alpha value is -1.22. The molecule has 1 aliphatic heterocycles. The maximum Gasteiger partial charge on any atom is 0.243 e. The molecule has 1 N–H and O–H groups in total. The van der Waals surface area contributed by atoms with Crippen molar-refractivity contribution in [3.63, 3.8) is 0 Å². The number of nitrogens with zero attached hydrogens (tertiary/aromatic N) is 2. The van der Waals surface area contributed by atoms with Gasteiger partial charge >= 0.3 is 0 Å². The second kappa shape index (κ2) is 9.29. The van der Waals surface area contributed by atoms with Crippen molar-refractivity contribution in [2.24, 2.45) is 5.92 Å².